The molecule has 1 aromatic heterocycles. The molecular formula is C19H20N2O5. The van der Waals surface area contributed by atoms with Gasteiger partial charge in [0.25, 0.3) is 0 Å². The summed E-state index contributed by atoms with van der Waals surface area (Å²) >= 11 is 0. The molecule has 2 aromatic rings. The standard InChI is InChI=1S/C19H20N2O5/c1-3-24-14-8-6-13(7-9-14)17-16(12(2)20-19(23)21-17)18(22)26-11-15-5-4-10-25-15/h4-10,16-17H,3,11H2,1-2H3,(H,21,23). The maximum Gasteiger partial charge on any atom is 0.341 e. The molecule has 0 radical (unpaired) electrons. The van der Waals surface area contributed by atoms with Gasteiger partial charge in [0.05, 0.1) is 18.9 Å². The van der Waals surface area contributed by atoms with Crippen LogP contribution in [0.4, 0.5) is 4.79 Å². The largest absolute Gasteiger partial charge is 0.494 e. The first-order chi connectivity index (χ1) is 12.6. The van der Waals surface area contributed by atoms with Crippen molar-refractivity contribution in [1.29, 1.82) is 0 Å². The lowest BCUT2D eigenvalue weighted by molar-refractivity contribution is -0.148. The second-order valence-corrected chi connectivity index (χ2v) is 5.85. The van der Waals surface area contributed by atoms with Crippen LogP contribution in [0.1, 0.15) is 31.2 Å². The number of esters is 1. The summed E-state index contributed by atoms with van der Waals surface area (Å²) in [6.45, 7) is 4.14. The van der Waals surface area contributed by atoms with Crippen LogP contribution in [0.2, 0.25) is 0 Å². The average molecular weight is 356 g/mol. The van der Waals surface area contributed by atoms with Gasteiger partial charge < -0.3 is 19.2 Å². The molecule has 3 rings (SSSR count). The Hall–Kier alpha value is -3.09. The SMILES string of the molecule is CCOc1ccc(C2NC(=O)N=C(C)C2C(=O)OCc2ccco2)cc1. The van der Waals surface area contributed by atoms with Crippen molar-refractivity contribution in [1.82, 2.24) is 5.32 Å². The first-order valence-corrected chi connectivity index (χ1v) is 8.36. The van der Waals surface area contributed by atoms with Crippen LogP contribution in [0.15, 0.2) is 52.1 Å². The van der Waals surface area contributed by atoms with Crippen molar-refractivity contribution in [3.05, 3.63) is 54.0 Å². The van der Waals surface area contributed by atoms with E-state index in [4.69, 9.17) is 13.9 Å². The molecule has 1 aromatic carbocycles. The van der Waals surface area contributed by atoms with Gasteiger partial charge in [-0.15, -0.1) is 0 Å². The number of amides is 2. The fourth-order valence-electron chi connectivity index (χ4n) is 2.87. The minimum Gasteiger partial charge on any atom is -0.494 e. The molecule has 0 spiro atoms. The number of ether oxygens (including phenoxy) is 2. The molecule has 1 aliphatic heterocycles. The van der Waals surface area contributed by atoms with Crippen LogP contribution >= 0.6 is 0 Å². The Bertz CT molecular complexity index is 796. The van der Waals surface area contributed by atoms with Crippen LogP contribution in [-0.2, 0) is 16.1 Å². The van der Waals surface area contributed by atoms with Crippen molar-refractivity contribution in [3.8, 4) is 5.75 Å². The number of urea groups is 1. The molecule has 7 nitrogen and oxygen atoms in total. The van der Waals surface area contributed by atoms with Gasteiger partial charge >= 0.3 is 12.0 Å². The molecule has 1 N–H and O–H groups in total. The van der Waals surface area contributed by atoms with Crippen LogP contribution in [0.25, 0.3) is 0 Å². The Kier molecular flexibility index (Phi) is 5.36. The van der Waals surface area contributed by atoms with E-state index >= 15 is 0 Å². The first kappa shape index (κ1) is 17.7. The third kappa shape index (κ3) is 3.93. The van der Waals surface area contributed by atoms with Crippen molar-refractivity contribution in [2.45, 2.75) is 26.5 Å². The zero-order valence-corrected chi connectivity index (χ0v) is 14.6. The Morgan fingerprint density at radius 3 is 2.69 bits per heavy atom. The number of aliphatic imine (C=N–C) groups is 1. The van der Waals surface area contributed by atoms with Crippen molar-refractivity contribution >= 4 is 17.7 Å². The van der Waals surface area contributed by atoms with Crippen LogP contribution in [0.5, 0.6) is 5.75 Å². The predicted octanol–water partition coefficient (Wildman–Crippen LogP) is 3.26. The molecule has 1 aliphatic rings. The summed E-state index contributed by atoms with van der Waals surface area (Å²) in [6.07, 6.45) is 1.51. The van der Waals surface area contributed by atoms with Gasteiger partial charge in [0.1, 0.15) is 24.0 Å². The van der Waals surface area contributed by atoms with Crippen molar-refractivity contribution in [2.75, 3.05) is 6.61 Å². The fourth-order valence-corrected chi connectivity index (χ4v) is 2.87. The van der Waals surface area contributed by atoms with Crippen LogP contribution in [0.3, 0.4) is 0 Å². The van der Waals surface area contributed by atoms with E-state index in [-0.39, 0.29) is 6.61 Å². The van der Waals surface area contributed by atoms with Crippen molar-refractivity contribution in [3.63, 3.8) is 0 Å². The van der Waals surface area contributed by atoms with E-state index in [9.17, 15) is 9.59 Å². The summed E-state index contributed by atoms with van der Waals surface area (Å²) in [6, 6.07) is 9.66. The van der Waals surface area contributed by atoms with E-state index in [1.807, 2.05) is 19.1 Å². The smallest absolute Gasteiger partial charge is 0.341 e. The van der Waals surface area contributed by atoms with E-state index in [0.717, 1.165) is 11.3 Å². The lowest BCUT2D eigenvalue weighted by atomic mass is 9.88. The van der Waals surface area contributed by atoms with Crippen LogP contribution in [-0.4, -0.2) is 24.3 Å². The van der Waals surface area contributed by atoms with Gasteiger partial charge in [-0.1, -0.05) is 12.1 Å². The number of hydrogen-bond donors (Lipinski definition) is 1. The summed E-state index contributed by atoms with van der Waals surface area (Å²) < 4.78 is 16.0. The second kappa shape index (κ2) is 7.86. The number of nitrogens with zero attached hydrogens (tertiary/aromatic N) is 1. The summed E-state index contributed by atoms with van der Waals surface area (Å²) in [5, 5.41) is 2.75. The molecule has 0 fully saturated rings. The zero-order valence-electron chi connectivity index (χ0n) is 14.6. The zero-order chi connectivity index (χ0) is 18.5. The molecule has 0 saturated carbocycles. The molecule has 2 atom stereocenters. The highest BCUT2D eigenvalue weighted by molar-refractivity contribution is 6.08. The minimum absolute atomic E-state index is 0.0273. The van der Waals surface area contributed by atoms with Gasteiger partial charge in [0.2, 0.25) is 0 Å². The van der Waals surface area contributed by atoms with E-state index in [1.54, 1.807) is 31.2 Å². The molecule has 7 heteroatoms. The Morgan fingerprint density at radius 1 is 1.27 bits per heavy atom. The molecule has 0 bridgehead atoms. The lowest BCUT2D eigenvalue weighted by Crippen LogP contribution is -2.44. The molecule has 0 aliphatic carbocycles. The Morgan fingerprint density at radius 2 is 2.04 bits per heavy atom. The molecule has 136 valence electrons. The number of hydrogen-bond acceptors (Lipinski definition) is 5. The molecule has 26 heavy (non-hydrogen) atoms. The van der Waals surface area contributed by atoms with Gasteiger partial charge in [-0.05, 0) is 43.7 Å². The highest BCUT2D eigenvalue weighted by Gasteiger charge is 2.38. The van der Waals surface area contributed by atoms with Gasteiger partial charge in [0.15, 0.2) is 0 Å². The quantitative estimate of drug-likeness (QED) is 0.802. The highest BCUT2D eigenvalue weighted by Crippen LogP contribution is 2.29. The normalized spacial score (nSPS) is 19.5. The average Bonchev–Trinajstić information content (AvgIpc) is 3.13. The highest BCUT2D eigenvalue weighted by atomic mass is 16.5. The number of benzene rings is 1. The summed E-state index contributed by atoms with van der Waals surface area (Å²) in [4.78, 5) is 28.4. The Balaban J connectivity index is 1.80. The van der Waals surface area contributed by atoms with E-state index < -0.39 is 24.0 Å². The van der Waals surface area contributed by atoms with Gasteiger partial charge in [0, 0.05) is 5.71 Å². The fraction of sp³-hybridized carbons (Fsp3) is 0.316. The lowest BCUT2D eigenvalue weighted by Gasteiger charge is -2.29. The second-order valence-electron chi connectivity index (χ2n) is 5.85. The number of nitrogens with one attached hydrogen (secondary N) is 1. The minimum atomic E-state index is -0.708. The topological polar surface area (TPSA) is 90.1 Å². The number of rotatable bonds is 6. The molecule has 2 heterocycles. The molecule has 2 unspecified atom stereocenters. The van der Waals surface area contributed by atoms with Crippen molar-refractivity contribution in [2.24, 2.45) is 10.9 Å². The number of carbonyl (C=O) groups excluding carboxylic acids is 2. The Labute approximate surface area is 151 Å². The molecule has 0 saturated heterocycles. The molecular weight excluding hydrogens is 336 g/mol. The van der Waals surface area contributed by atoms with Gasteiger partial charge in [-0.2, -0.15) is 0 Å². The number of carbonyl (C=O) groups is 2. The third-order valence-electron chi connectivity index (χ3n) is 4.08. The first-order valence-electron chi connectivity index (χ1n) is 8.36. The van der Waals surface area contributed by atoms with E-state index in [2.05, 4.69) is 10.3 Å². The van der Waals surface area contributed by atoms with Gasteiger partial charge in [-0.25, -0.2) is 9.79 Å². The summed E-state index contributed by atoms with van der Waals surface area (Å²) in [5.74, 6) is 0.0910. The third-order valence-corrected chi connectivity index (χ3v) is 4.08. The van der Waals surface area contributed by atoms with Crippen molar-refractivity contribution < 1.29 is 23.5 Å². The monoisotopic (exact) mass is 356 g/mol. The summed E-state index contributed by atoms with van der Waals surface area (Å²) in [7, 11) is 0. The number of furan rings is 1. The van der Waals surface area contributed by atoms with Crippen LogP contribution < -0.4 is 10.1 Å². The maximum atomic E-state index is 12.6. The van der Waals surface area contributed by atoms with E-state index in [1.165, 1.54) is 6.26 Å². The van der Waals surface area contributed by atoms with Crippen LogP contribution in [0, 0.1) is 5.92 Å². The van der Waals surface area contributed by atoms with E-state index in [0.29, 0.717) is 18.1 Å². The maximum absolute atomic E-state index is 12.6. The van der Waals surface area contributed by atoms with Gasteiger partial charge in [-0.3, -0.25) is 4.79 Å². The summed E-state index contributed by atoms with van der Waals surface area (Å²) in [5.41, 5.74) is 1.19. The molecule has 2 amide bonds. The predicted molar refractivity (Wildman–Crippen MR) is 94.0 cm³/mol.